The minimum absolute atomic E-state index is 0.0406. The molecule has 0 saturated carbocycles. The molecule has 0 aliphatic rings. The predicted molar refractivity (Wildman–Crippen MR) is 111 cm³/mol. The summed E-state index contributed by atoms with van der Waals surface area (Å²) in [5.41, 5.74) is 3.08. The smallest absolute Gasteiger partial charge is 0.224 e. The molecule has 1 aromatic heterocycles. The zero-order valence-corrected chi connectivity index (χ0v) is 16.4. The Labute approximate surface area is 165 Å². The molecule has 0 radical (unpaired) electrons. The number of hydrogen-bond donors (Lipinski definition) is 3. The van der Waals surface area contributed by atoms with E-state index in [0.717, 1.165) is 22.0 Å². The topological polar surface area (TPSA) is 76.6 Å². The molecule has 5 heteroatoms. The number of nitrogens with one attached hydrogen (secondary N) is 1. The summed E-state index contributed by atoms with van der Waals surface area (Å²) in [5.74, 6) is 0.371. The van der Waals surface area contributed by atoms with Gasteiger partial charge in [-0.15, -0.1) is 0 Å². The Kier molecular flexibility index (Phi) is 6.37. The fourth-order valence-electron chi connectivity index (χ4n) is 3.44. The molecule has 3 N–H and O–H groups in total. The molecular formula is C23H28N2O3. The van der Waals surface area contributed by atoms with E-state index in [1.807, 2.05) is 38.2 Å². The minimum atomic E-state index is -0.902. The maximum Gasteiger partial charge on any atom is 0.224 e. The quantitative estimate of drug-likeness (QED) is 0.520. The van der Waals surface area contributed by atoms with Crippen LogP contribution in [0.2, 0.25) is 0 Å². The first-order valence-electron chi connectivity index (χ1n) is 9.74. The highest BCUT2D eigenvalue weighted by atomic mass is 16.3. The summed E-state index contributed by atoms with van der Waals surface area (Å²) in [5, 5.41) is 21.4. The summed E-state index contributed by atoms with van der Waals surface area (Å²) in [6.07, 6.45) is 2.47. The largest absolute Gasteiger partial charge is 0.508 e. The summed E-state index contributed by atoms with van der Waals surface area (Å²) in [6.45, 7) is 4.46. The van der Waals surface area contributed by atoms with Crippen LogP contribution >= 0.6 is 0 Å². The molecule has 0 bridgehead atoms. The van der Waals surface area contributed by atoms with E-state index in [-0.39, 0.29) is 17.6 Å². The Morgan fingerprint density at radius 3 is 2.54 bits per heavy atom. The third-order valence-corrected chi connectivity index (χ3v) is 4.91. The zero-order valence-electron chi connectivity index (χ0n) is 16.4. The normalized spacial score (nSPS) is 12.4. The first-order valence-corrected chi connectivity index (χ1v) is 9.74. The monoisotopic (exact) mass is 380 g/mol. The lowest BCUT2D eigenvalue weighted by atomic mass is 10.1. The van der Waals surface area contributed by atoms with E-state index < -0.39 is 6.23 Å². The molecule has 0 fully saturated rings. The van der Waals surface area contributed by atoms with Gasteiger partial charge < -0.3 is 20.1 Å². The molecule has 0 spiro atoms. The Balaban J connectivity index is 1.74. The fraction of sp³-hybridized carbons (Fsp3) is 0.348. The molecule has 0 aliphatic carbocycles. The van der Waals surface area contributed by atoms with Gasteiger partial charge in [0.25, 0.3) is 0 Å². The van der Waals surface area contributed by atoms with Crippen LogP contribution in [-0.4, -0.2) is 38.8 Å². The van der Waals surface area contributed by atoms with E-state index in [1.165, 1.54) is 0 Å². The number of carbonyl (C=O) groups is 1. The number of aromatic nitrogens is 1. The van der Waals surface area contributed by atoms with Crippen LogP contribution < -0.4 is 0 Å². The summed E-state index contributed by atoms with van der Waals surface area (Å²) in [4.78, 5) is 17.6. The van der Waals surface area contributed by atoms with Crippen LogP contribution in [0.4, 0.5) is 0 Å². The number of aliphatic hydroxyl groups is 1. The Morgan fingerprint density at radius 1 is 1.11 bits per heavy atom. The number of fused-ring (bicyclic) bond motifs is 1. The number of phenolic OH excluding ortho intramolecular Hbond substituents is 1. The lowest BCUT2D eigenvalue weighted by Gasteiger charge is -2.29. The van der Waals surface area contributed by atoms with Gasteiger partial charge in [0.1, 0.15) is 12.0 Å². The highest BCUT2D eigenvalue weighted by Crippen LogP contribution is 2.20. The maximum atomic E-state index is 12.8. The number of para-hydroxylation sites is 1. The van der Waals surface area contributed by atoms with Crippen molar-refractivity contribution in [3.8, 4) is 5.75 Å². The average molecular weight is 380 g/mol. The van der Waals surface area contributed by atoms with Crippen LogP contribution in [0, 0.1) is 5.92 Å². The Bertz CT molecular complexity index is 915. The number of amides is 1. The van der Waals surface area contributed by atoms with E-state index in [1.54, 1.807) is 29.2 Å². The van der Waals surface area contributed by atoms with Gasteiger partial charge in [0.15, 0.2) is 0 Å². The molecule has 1 atom stereocenters. The summed E-state index contributed by atoms with van der Waals surface area (Å²) in [7, 11) is 0. The lowest BCUT2D eigenvalue weighted by molar-refractivity contribution is -0.142. The van der Waals surface area contributed by atoms with Crippen LogP contribution in [-0.2, 0) is 17.6 Å². The first-order chi connectivity index (χ1) is 13.4. The van der Waals surface area contributed by atoms with E-state index in [0.29, 0.717) is 25.8 Å². The molecule has 1 amide bonds. The highest BCUT2D eigenvalue weighted by Gasteiger charge is 2.23. The van der Waals surface area contributed by atoms with Crippen molar-refractivity contribution in [3.05, 3.63) is 65.9 Å². The minimum Gasteiger partial charge on any atom is -0.508 e. The van der Waals surface area contributed by atoms with Crippen molar-refractivity contribution in [2.75, 3.05) is 6.54 Å². The molecule has 5 nitrogen and oxygen atoms in total. The number of H-pyrrole nitrogens is 1. The lowest BCUT2D eigenvalue weighted by Crippen LogP contribution is -2.43. The van der Waals surface area contributed by atoms with Crippen molar-refractivity contribution < 1.29 is 15.0 Å². The maximum absolute atomic E-state index is 12.8. The molecule has 0 aliphatic heterocycles. The van der Waals surface area contributed by atoms with E-state index in [9.17, 15) is 15.0 Å². The number of aromatic hydroxyl groups is 1. The molecule has 0 saturated heterocycles. The van der Waals surface area contributed by atoms with Crippen LogP contribution in [0.1, 0.15) is 31.4 Å². The molecule has 1 unspecified atom stereocenters. The van der Waals surface area contributed by atoms with Crippen LogP contribution in [0.25, 0.3) is 10.9 Å². The average Bonchev–Trinajstić information content (AvgIpc) is 3.06. The van der Waals surface area contributed by atoms with Crippen molar-refractivity contribution in [3.63, 3.8) is 0 Å². The van der Waals surface area contributed by atoms with E-state index in [2.05, 4.69) is 11.1 Å². The van der Waals surface area contributed by atoms with Crippen LogP contribution in [0.5, 0.6) is 5.75 Å². The number of nitrogens with zero attached hydrogens (tertiary/aromatic N) is 1. The van der Waals surface area contributed by atoms with Gasteiger partial charge in [-0.2, -0.15) is 0 Å². The summed E-state index contributed by atoms with van der Waals surface area (Å²) < 4.78 is 0. The van der Waals surface area contributed by atoms with Crippen LogP contribution in [0.15, 0.2) is 54.7 Å². The van der Waals surface area contributed by atoms with Gasteiger partial charge in [0.2, 0.25) is 5.91 Å². The van der Waals surface area contributed by atoms with Crippen LogP contribution in [0.3, 0.4) is 0 Å². The number of aromatic amines is 1. The molecule has 28 heavy (non-hydrogen) atoms. The van der Waals surface area contributed by atoms with Gasteiger partial charge in [0, 0.05) is 36.5 Å². The number of rotatable bonds is 8. The number of phenols is 1. The number of carbonyl (C=O) groups excluding carboxylic acids is 1. The van der Waals surface area contributed by atoms with E-state index in [4.69, 9.17) is 0 Å². The first kappa shape index (κ1) is 20.0. The van der Waals surface area contributed by atoms with Gasteiger partial charge >= 0.3 is 0 Å². The molecule has 2 aromatic carbocycles. The predicted octanol–water partition coefficient (Wildman–Crippen LogP) is 3.85. The molecule has 3 rings (SSSR count). The Hall–Kier alpha value is -2.79. The van der Waals surface area contributed by atoms with Crippen molar-refractivity contribution >= 4 is 16.8 Å². The summed E-state index contributed by atoms with van der Waals surface area (Å²) >= 11 is 0. The second-order valence-corrected chi connectivity index (χ2v) is 7.65. The van der Waals surface area contributed by atoms with Gasteiger partial charge in [-0.25, -0.2) is 0 Å². The number of aliphatic hydroxyl groups excluding tert-OH is 1. The molecule has 3 aromatic rings. The van der Waals surface area contributed by atoms with Crippen molar-refractivity contribution in [1.29, 1.82) is 0 Å². The third kappa shape index (κ3) is 4.93. The second-order valence-electron chi connectivity index (χ2n) is 7.65. The second kappa shape index (κ2) is 8.93. The van der Waals surface area contributed by atoms with Gasteiger partial charge in [0.05, 0.1) is 0 Å². The number of hydrogen-bond acceptors (Lipinski definition) is 3. The Morgan fingerprint density at radius 2 is 1.82 bits per heavy atom. The van der Waals surface area contributed by atoms with Gasteiger partial charge in [-0.05, 0) is 41.7 Å². The van der Waals surface area contributed by atoms with Crippen molar-refractivity contribution in [1.82, 2.24) is 9.88 Å². The number of benzene rings is 2. The summed E-state index contributed by atoms with van der Waals surface area (Å²) in [6, 6.07) is 14.8. The molecular weight excluding hydrogens is 352 g/mol. The van der Waals surface area contributed by atoms with E-state index >= 15 is 0 Å². The third-order valence-electron chi connectivity index (χ3n) is 4.91. The SMILES string of the molecule is CC(C)CC(=O)N(CCc1c[nH]c2ccccc12)C(O)Cc1ccc(O)cc1. The van der Waals surface area contributed by atoms with Crippen molar-refractivity contribution in [2.45, 2.75) is 39.3 Å². The van der Waals surface area contributed by atoms with Crippen molar-refractivity contribution in [2.24, 2.45) is 5.92 Å². The molecule has 148 valence electrons. The fourth-order valence-corrected chi connectivity index (χ4v) is 3.44. The standard InChI is InChI=1S/C23H28N2O3/c1-16(2)13-22(27)25(23(28)14-17-7-9-19(26)10-8-17)12-11-18-15-24-21-6-4-3-5-20(18)21/h3-10,15-16,23-24,26,28H,11-14H2,1-2H3. The highest BCUT2D eigenvalue weighted by molar-refractivity contribution is 5.83. The van der Waals surface area contributed by atoms with Gasteiger partial charge in [-0.3, -0.25) is 4.79 Å². The van der Waals surface area contributed by atoms with Gasteiger partial charge in [-0.1, -0.05) is 44.2 Å². The zero-order chi connectivity index (χ0) is 20.1. The molecule has 1 heterocycles.